The number of carbonyl (C=O) groups is 2. The lowest BCUT2D eigenvalue weighted by Gasteiger charge is -2.34. The molecule has 0 bridgehead atoms. The fourth-order valence-electron chi connectivity index (χ4n) is 2.42. The average molecular weight is 292 g/mol. The van der Waals surface area contributed by atoms with Gasteiger partial charge in [0.2, 0.25) is 5.91 Å². The van der Waals surface area contributed by atoms with Crippen molar-refractivity contribution in [1.29, 1.82) is 0 Å². The summed E-state index contributed by atoms with van der Waals surface area (Å²) in [6, 6.07) is -0.0994. The van der Waals surface area contributed by atoms with Gasteiger partial charge in [0.25, 0.3) is 11.5 Å². The smallest absolute Gasteiger partial charge is 0.269 e. The zero-order valence-corrected chi connectivity index (χ0v) is 12.3. The predicted octanol–water partition coefficient (Wildman–Crippen LogP) is 0.147. The van der Waals surface area contributed by atoms with Crippen LogP contribution in [-0.4, -0.2) is 45.8 Å². The molecule has 1 saturated heterocycles. The van der Waals surface area contributed by atoms with E-state index in [9.17, 15) is 14.4 Å². The van der Waals surface area contributed by atoms with Crippen LogP contribution in [0.1, 0.15) is 37.2 Å². The van der Waals surface area contributed by atoms with Crippen LogP contribution in [-0.2, 0) is 4.79 Å². The Kier molecular flexibility index (Phi) is 4.72. The first-order valence-corrected chi connectivity index (χ1v) is 7.11. The second kappa shape index (κ2) is 6.51. The Morgan fingerprint density at radius 3 is 2.86 bits per heavy atom. The Balaban J connectivity index is 1.98. The highest BCUT2D eigenvalue weighted by atomic mass is 16.2. The summed E-state index contributed by atoms with van der Waals surface area (Å²) in [5, 5.41) is 2.84. The van der Waals surface area contributed by atoms with Crippen molar-refractivity contribution in [3.05, 3.63) is 28.4 Å². The normalized spacial score (nSPS) is 18.6. The van der Waals surface area contributed by atoms with Crippen LogP contribution in [0.3, 0.4) is 0 Å². The number of piperidine rings is 1. The molecule has 2 N–H and O–H groups in total. The molecule has 2 amide bonds. The number of hydrogen-bond donors (Lipinski definition) is 2. The van der Waals surface area contributed by atoms with E-state index in [0.717, 1.165) is 25.6 Å². The summed E-state index contributed by atoms with van der Waals surface area (Å²) in [5.41, 5.74) is -0.280. The number of nitrogens with one attached hydrogen (secondary N) is 2. The number of H-pyrrole nitrogens is 1. The fourth-order valence-corrected chi connectivity index (χ4v) is 2.42. The Hall–Kier alpha value is -2.18. The van der Waals surface area contributed by atoms with Crippen molar-refractivity contribution in [1.82, 2.24) is 20.2 Å². The van der Waals surface area contributed by atoms with Gasteiger partial charge in [-0.15, -0.1) is 0 Å². The molecule has 1 fully saturated rings. The van der Waals surface area contributed by atoms with Gasteiger partial charge in [0.1, 0.15) is 5.69 Å². The Labute approximate surface area is 122 Å². The van der Waals surface area contributed by atoms with Crippen molar-refractivity contribution in [2.75, 3.05) is 13.1 Å². The van der Waals surface area contributed by atoms with Crippen LogP contribution in [0, 0.1) is 5.92 Å². The van der Waals surface area contributed by atoms with Gasteiger partial charge in [0.05, 0.1) is 12.4 Å². The van der Waals surface area contributed by atoms with Crippen molar-refractivity contribution in [2.24, 2.45) is 5.92 Å². The SMILES string of the molecule is CC(C)C(=O)N1CCC[C@H](NC(=O)c2cncc(=O)[nH]2)C1. The van der Waals surface area contributed by atoms with Crippen molar-refractivity contribution >= 4 is 11.8 Å². The maximum Gasteiger partial charge on any atom is 0.269 e. The monoisotopic (exact) mass is 292 g/mol. The minimum absolute atomic E-state index is 0.0471. The number of aromatic amines is 1. The quantitative estimate of drug-likeness (QED) is 0.829. The van der Waals surface area contributed by atoms with Crippen LogP contribution in [0.25, 0.3) is 0 Å². The molecular formula is C14H20N4O3. The molecule has 114 valence electrons. The molecule has 0 spiro atoms. The lowest BCUT2D eigenvalue weighted by Crippen LogP contribution is -2.50. The van der Waals surface area contributed by atoms with E-state index < -0.39 is 5.56 Å². The molecule has 0 aromatic carbocycles. The maximum absolute atomic E-state index is 12.1. The van der Waals surface area contributed by atoms with Crippen LogP contribution in [0.5, 0.6) is 0 Å². The highest BCUT2D eigenvalue weighted by Crippen LogP contribution is 2.13. The first-order valence-electron chi connectivity index (χ1n) is 7.11. The van der Waals surface area contributed by atoms with Gasteiger partial charge in [0.15, 0.2) is 0 Å². The topological polar surface area (TPSA) is 95.2 Å². The third kappa shape index (κ3) is 3.90. The molecule has 1 aromatic heterocycles. The molecule has 21 heavy (non-hydrogen) atoms. The van der Waals surface area contributed by atoms with Crippen LogP contribution in [0.4, 0.5) is 0 Å². The lowest BCUT2D eigenvalue weighted by atomic mass is 10.0. The number of amides is 2. The number of rotatable bonds is 3. The largest absolute Gasteiger partial charge is 0.346 e. The van der Waals surface area contributed by atoms with Crippen LogP contribution in [0.2, 0.25) is 0 Å². The summed E-state index contributed by atoms with van der Waals surface area (Å²) in [6.45, 7) is 4.97. The number of aromatic nitrogens is 2. The first-order chi connectivity index (χ1) is 9.97. The van der Waals surface area contributed by atoms with Gasteiger partial charge in [-0.05, 0) is 12.8 Å². The molecule has 0 aliphatic carbocycles. The van der Waals surface area contributed by atoms with Crippen molar-refractivity contribution in [3.63, 3.8) is 0 Å². The molecule has 1 aromatic rings. The van der Waals surface area contributed by atoms with Gasteiger partial charge in [-0.2, -0.15) is 0 Å². The van der Waals surface area contributed by atoms with E-state index in [1.807, 2.05) is 13.8 Å². The number of carbonyl (C=O) groups excluding carboxylic acids is 2. The minimum atomic E-state index is -0.414. The Bertz CT molecular complexity index is 582. The number of hydrogen-bond acceptors (Lipinski definition) is 4. The molecule has 2 rings (SSSR count). The van der Waals surface area contributed by atoms with Gasteiger partial charge >= 0.3 is 0 Å². The molecule has 0 unspecified atom stereocenters. The zero-order chi connectivity index (χ0) is 15.4. The van der Waals surface area contributed by atoms with E-state index in [1.165, 1.54) is 6.20 Å². The molecule has 1 aliphatic heterocycles. The lowest BCUT2D eigenvalue weighted by molar-refractivity contribution is -0.135. The van der Waals surface area contributed by atoms with Gasteiger partial charge in [-0.1, -0.05) is 13.8 Å². The first kappa shape index (κ1) is 15.2. The third-order valence-corrected chi connectivity index (χ3v) is 3.46. The molecule has 1 atom stereocenters. The van der Waals surface area contributed by atoms with Gasteiger partial charge in [-0.25, -0.2) is 0 Å². The second-order valence-corrected chi connectivity index (χ2v) is 5.56. The van der Waals surface area contributed by atoms with Gasteiger partial charge in [-0.3, -0.25) is 19.4 Å². The maximum atomic E-state index is 12.1. The standard InChI is InChI=1S/C14H20N4O3/c1-9(2)14(21)18-5-3-4-10(8-18)16-13(20)11-6-15-7-12(19)17-11/h6-7,9-10H,3-5,8H2,1-2H3,(H,16,20)(H,17,19)/t10-/m0/s1. The van der Waals surface area contributed by atoms with Gasteiger partial charge < -0.3 is 15.2 Å². The van der Waals surface area contributed by atoms with Crippen molar-refractivity contribution in [2.45, 2.75) is 32.7 Å². The summed E-state index contributed by atoms with van der Waals surface area (Å²) >= 11 is 0. The summed E-state index contributed by atoms with van der Waals surface area (Å²) in [6.07, 6.45) is 4.10. The summed E-state index contributed by atoms with van der Waals surface area (Å²) < 4.78 is 0. The van der Waals surface area contributed by atoms with E-state index in [4.69, 9.17) is 0 Å². The highest BCUT2D eigenvalue weighted by Gasteiger charge is 2.26. The van der Waals surface area contributed by atoms with Crippen molar-refractivity contribution < 1.29 is 9.59 Å². The highest BCUT2D eigenvalue weighted by molar-refractivity contribution is 5.92. The second-order valence-electron chi connectivity index (χ2n) is 5.56. The van der Waals surface area contributed by atoms with E-state index in [1.54, 1.807) is 4.90 Å². The zero-order valence-electron chi connectivity index (χ0n) is 12.3. The fraction of sp³-hybridized carbons (Fsp3) is 0.571. The average Bonchev–Trinajstić information content (AvgIpc) is 2.46. The van der Waals surface area contributed by atoms with Crippen LogP contribution in [0.15, 0.2) is 17.2 Å². The third-order valence-electron chi connectivity index (χ3n) is 3.46. The predicted molar refractivity (Wildman–Crippen MR) is 76.8 cm³/mol. The number of nitrogens with zero attached hydrogens (tertiary/aromatic N) is 2. The summed E-state index contributed by atoms with van der Waals surface area (Å²) in [4.78, 5) is 43.1. The molecule has 7 heteroatoms. The summed E-state index contributed by atoms with van der Waals surface area (Å²) in [5.74, 6) is -0.318. The molecule has 0 saturated carbocycles. The summed E-state index contributed by atoms with van der Waals surface area (Å²) in [7, 11) is 0. The van der Waals surface area contributed by atoms with Crippen molar-refractivity contribution in [3.8, 4) is 0 Å². The van der Waals surface area contributed by atoms with Gasteiger partial charge in [0, 0.05) is 25.0 Å². The van der Waals surface area contributed by atoms with Crippen LogP contribution < -0.4 is 10.9 Å². The molecule has 0 radical (unpaired) electrons. The Morgan fingerprint density at radius 2 is 2.19 bits per heavy atom. The van der Waals surface area contributed by atoms with E-state index in [0.29, 0.717) is 6.54 Å². The van der Waals surface area contributed by atoms with E-state index in [2.05, 4.69) is 15.3 Å². The van der Waals surface area contributed by atoms with E-state index in [-0.39, 0.29) is 29.5 Å². The van der Waals surface area contributed by atoms with Crippen LogP contribution >= 0.6 is 0 Å². The minimum Gasteiger partial charge on any atom is -0.346 e. The molecule has 1 aliphatic rings. The molecule has 7 nitrogen and oxygen atoms in total. The molecular weight excluding hydrogens is 272 g/mol. The van der Waals surface area contributed by atoms with E-state index >= 15 is 0 Å². The number of likely N-dealkylation sites (tertiary alicyclic amines) is 1. The molecule has 2 heterocycles. The Morgan fingerprint density at radius 1 is 1.43 bits per heavy atom.